The van der Waals surface area contributed by atoms with Crippen molar-refractivity contribution in [2.45, 2.75) is 37.8 Å². The van der Waals surface area contributed by atoms with Crippen molar-refractivity contribution >= 4 is 35.0 Å². The molecule has 0 fully saturated rings. The Labute approximate surface area is 198 Å². The van der Waals surface area contributed by atoms with Crippen LogP contribution >= 0.6 is 12.4 Å². The number of phenolic OH excluding ortho intramolecular Hbond substituents is 1. The minimum absolute atomic E-state index is 0. The van der Waals surface area contributed by atoms with Crippen LogP contribution in [0.4, 0.5) is 0 Å². The van der Waals surface area contributed by atoms with Gasteiger partial charge in [-0.15, -0.1) is 12.4 Å². The molecule has 3 atom stereocenters. The van der Waals surface area contributed by atoms with Crippen molar-refractivity contribution in [1.29, 1.82) is 0 Å². The number of nitrogens with two attached hydrogens (primary N) is 1. The van der Waals surface area contributed by atoms with Crippen LogP contribution in [0.1, 0.15) is 24.0 Å². The lowest BCUT2D eigenvalue weighted by Crippen LogP contribution is -2.52. The molecule has 0 aliphatic rings. The highest BCUT2D eigenvalue weighted by atomic mass is 35.5. The van der Waals surface area contributed by atoms with Gasteiger partial charge in [-0.3, -0.25) is 13.8 Å². The van der Waals surface area contributed by atoms with Gasteiger partial charge in [0.1, 0.15) is 11.8 Å². The second kappa shape index (κ2) is 14.6. The van der Waals surface area contributed by atoms with Crippen molar-refractivity contribution in [3.63, 3.8) is 0 Å². The Morgan fingerprint density at radius 3 is 2.31 bits per heavy atom. The third kappa shape index (κ3) is 10.3. The molecule has 0 heterocycles. The molecule has 0 aliphatic carbocycles. The number of rotatable bonds is 12. The topological polar surface area (TPSA) is 122 Å². The van der Waals surface area contributed by atoms with E-state index in [0.29, 0.717) is 12.3 Å². The normalized spacial score (nSPS) is 13.3. The molecule has 1 unspecified atom stereocenters. The van der Waals surface area contributed by atoms with E-state index in [1.54, 1.807) is 18.4 Å². The summed E-state index contributed by atoms with van der Waals surface area (Å²) in [6.07, 6.45) is 3.72. The first kappa shape index (κ1) is 27.6. The summed E-state index contributed by atoms with van der Waals surface area (Å²) >= 11 is 0. The maximum Gasteiger partial charge on any atom is 0.242 e. The number of benzene rings is 2. The summed E-state index contributed by atoms with van der Waals surface area (Å²) in [6.45, 7) is 0.481. The molecule has 2 aromatic carbocycles. The van der Waals surface area contributed by atoms with Crippen LogP contribution in [0.5, 0.6) is 5.75 Å². The van der Waals surface area contributed by atoms with Gasteiger partial charge in [-0.2, -0.15) is 0 Å². The Morgan fingerprint density at radius 2 is 1.69 bits per heavy atom. The molecule has 2 amide bonds. The standard InChI is InChI=1S/C23H31N3O4S.ClH/c1-31(30)15-13-21(23(29)25-14-5-8-17-6-3-2-4-7-17)26-22(28)20(24)16-18-9-11-19(27)12-10-18;/h2-4,6-7,9-12,20-21,27H,5,8,13-16,24H2,1H3,(H,25,29)(H,26,28);1H/t20-,21+,31?;/m0./s1. The lowest BCUT2D eigenvalue weighted by molar-refractivity contribution is -0.129. The highest BCUT2D eigenvalue weighted by molar-refractivity contribution is 7.84. The summed E-state index contributed by atoms with van der Waals surface area (Å²) in [5.74, 6) is -0.309. The van der Waals surface area contributed by atoms with Gasteiger partial charge in [0.05, 0.1) is 6.04 Å². The first-order chi connectivity index (χ1) is 14.8. The molecular weight excluding hydrogens is 450 g/mol. The lowest BCUT2D eigenvalue weighted by atomic mass is 10.1. The van der Waals surface area contributed by atoms with Crippen LogP contribution in [0, 0.1) is 0 Å². The fourth-order valence-electron chi connectivity index (χ4n) is 3.08. The first-order valence-corrected chi connectivity index (χ1v) is 12.0. The molecular formula is C23H32ClN3O4S. The average molecular weight is 482 g/mol. The van der Waals surface area contributed by atoms with Gasteiger partial charge in [0, 0.05) is 29.4 Å². The molecule has 7 nitrogen and oxygen atoms in total. The Bertz CT molecular complexity index is 865. The van der Waals surface area contributed by atoms with Crippen LogP contribution in [0.25, 0.3) is 0 Å². The first-order valence-electron chi connectivity index (χ1n) is 10.3. The van der Waals surface area contributed by atoms with Crippen LogP contribution in [0.2, 0.25) is 0 Å². The van der Waals surface area contributed by atoms with E-state index in [0.717, 1.165) is 18.4 Å². The Morgan fingerprint density at radius 1 is 1.03 bits per heavy atom. The fourth-order valence-corrected chi connectivity index (χ4v) is 3.65. The molecule has 2 rings (SSSR count). The number of halogens is 1. The van der Waals surface area contributed by atoms with Gasteiger partial charge in [0.15, 0.2) is 0 Å². The predicted molar refractivity (Wildman–Crippen MR) is 130 cm³/mol. The van der Waals surface area contributed by atoms with Crippen LogP contribution in [0.3, 0.4) is 0 Å². The summed E-state index contributed by atoms with van der Waals surface area (Å²) in [7, 11) is -1.08. The van der Waals surface area contributed by atoms with Gasteiger partial charge in [-0.1, -0.05) is 42.5 Å². The van der Waals surface area contributed by atoms with Crippen molar-refractivity contribution in [3.05, 3.63) is 65.7 Å². The molecule has 0 aromatic heterocycles. The fraction of sp³-hybridized carbons (Fsp3) is 0.391. The summed E-state index contributed by atoms with van der Waals surface area (Å²) in [5, 5.41) is 14.9. The van der Waals surface area contributed by atoms with Crippen molar-refractivity contribution in [1.82, 2.24) is 10.6 Å². The van der Waals surface area contributed by atoms with E-state index in [-0.39, 0.29) is 36.9 Å². The van der Waals surface area contributed by atoms with Crippen molar-refractivity contribution in [2.24, 2.45) is 5.73 Å². The monoisotopic (exact) mass is 481 g/mol. The van der Waals surface area contributed by atoms with Crippen LogP contribution in [-0.2, 0) is 33.2 Å². The van der Waals surface area contributed by atoms with Crippen molar-refractivity contribution in [3.8, 4) is 5.75 Å². The highest BCUT2D eigenvalue weighted by Gasteiger charge is 2.24. The molecule has 9 heteroatoms. The number of hydrogen-bond acceptors (Lipinski definition) is 5. The summed E-state index contributed by atoms with van der Waals surface area (Å²) in [4.78, 5) is 25.2. The Balaban J connectivity index is 0.00000512. The zero-order valence-electron chi connectivity index (χ0n) is 18.2. The van der Waals surface area contributed by atoms with E-state index in [2.05, 4.69) is 10.6 Å². The summed E-state index contributed by atoms with van der Waals surface area (Å²) in [6, 6.07) is 14.8. The number of aromatic hydroxyl groups is 1. The molecule has 0 aliphatic heterocycles. The molecule has 0 spiro atoms. The minimum Gasteiger partial charge on any atom is -0.508 e. The van der Waals surface area contributed by atoms with E-state index in [1.807, 2.05) is 30.3 Å². The van der Waals surface area contributed by atoms with Crippen molar-refractivity contribution in [2.75, 3.05) is 18.6 Å². The number of nitrogens with one attached hydrogen (secondary N) is 2. The van der Waals surface area contributed by atoms with Gasteiger partial charge in [-0.25, -0.2) is 0 Å². The maximum absolute atomic E-state index is 12.6. The predicted octanol–water partition coefficient (Wildman–Crippen LogP) is 1.69. The zero-order valence-corrected chi connectivity index (χ0v) is 19.8. The van der Waals surface area contributed by atoms with Gasteiger partial charge in [0.25, 0.3) is 0 Å². The van der Waals surface area contributed by atoms with E-state index in [4.69, 9.17) is 5.73 Å². The quantitative estimate of drug-likeness (QED) is 0.344. The largest absolute Gasteiger partial charge is 0.508 e. The number of phenols is 1. The number of hydrogen-bond donors (Lipinski definition) is 4. The van der Waals surface area contributed by atoms with E-state index < -0.39 is 28.8 Å². The summed E-state index contributed by atoms with van der Waals surface area (Å²) < 4.78 is 11.5. The lowest BCUT2D eigenvalue weighted by Gasteiger charge is -2.20. The van der Waals surface area contributed by atoms with E-state index in [9.17, 15) is 18.9 Å². The molecule has 176 valence electrons. The SMILES string of the molecule is CS(=O)CC[C@@H](NC(=O)[C@@H](N)Cc1ccc(O)cc1)C(=O)NCCCc1ccccc1.Cl. The molecule has 5 N–H and O–H groups in total. The molecule has 0 bridgehead atoms. The summed E-state index contributed by atoms with van der Waals surface area (Å²) in [5.41, 5.74) is 8.01. The zero-order chi connectivity index (χ0) is 22.6. The Kier molecular flexibility index (Phi) is 12.6. The molecule has 32 heavy (non-hydrogen) atoms. The molecule has 0 saturated carbocycles. The number of carbonyl (C=O) groups is 2. The number of aryl methyl sites for hydroxylation is 1. The van der Waals surface area contributed by atoms with Gasteiger partial charge in [0.2, 0.25) is 11.8 Å². The number of amides is 2. The smallest absolute Gasteiger partial charge is 0.242 e. The van der Waals surface area contributed by atoms with Gasteiger partial charge in [-0.05, 0) is 48.9 Å². The van der Waals surface area contributed by atoms with Crippen LogP contribution in [0.15, 0.2) is 54.6 Å². The second-order valence-corrected chi connectivity index (χ2v) is 9.04. The highest BCUT2D eigenvalue weighted by Crippen LogP contribution is 2.11. The second-order valence-electron chi connectivity index (χ2n) is 7.48. The molecule has 0 radical (unpaired) electrons. The van der Waals surface area contributed by atoms with Gasteiger partial charge < -0.3 is 21.5 Å². The minimum atomic E-state index is -1.08. The van der Waals surface area contributed by atoms with E-state index in [1.165, 1.54) is 17.7 Å². The number of carbonyl (C=O) groups excluding carboxylic acids is 2. The van der Waals surface area contributed by atoms with Crippen LogP contribution in [-0.4, -0.2) is 51.8 Å². The Hall–Kier alpha value is -2.42. The molecule has 2 aromatic rings. The third-order valence-corrected chi connectivity index (χ3v) is 5.65. The van der Waals surface area contributed by atoms with Gasteiger partial charge >= 0.3 is 0 Å². The third-order valence-electron chi connectivity index (χ3n) is 4.84. The average Bonchev–Trinajstić information content (AvgIpc) is 2.76. The van der Waals surface area contributed by atoms with Crippen molar-refractivity contribution < 1.29 is 18.9 Å². The van der Waals surface area contributed by atoms with E-state index >= 15 is 0 Å². The molecule has 0 saturated heterocycles. The van der Waals surface area contributed by atoms with Crippen LogP contribution < -0.4 is 16.4 Å². The maximum atomic E-state index is 12.6.